The first-order valence-corrected chi connectivity index (χ1v) is 8.56. The van der Waals surface area contributed by atoms with Crippen LogP contribution >= 0.6 is 19.2 Å². The number of hydrogen-bond donors (Lipinski definition) is 2. The van der Waals surface area contributed by atoms with Gasteiger partial charge in [-0.25, -0.2) is 0 Å². The fraction of sp³-hybridized carbons (Fsp3) is 0.250. The maximum absolute atomic E-state index is 11.7. The molecule has 0 amide bonds. The lowest BCUT2D eigenvalue weighted by atomic mass is 9.94. The first-order valence-electron chi connectivity index (χ1n) is 6.57. The van der Waals surface area contributed by atoms with Gasteiger partial charge < -0.3 is 9.79 Å². The maximum atomic E-state index is 11.7. The Balaban J connectivity index is 2.61. The Labute approximate surface area is 129 Å². The Hall–Kier alpha value is -1.12. The van der Waals surface area contributed by atoms with Gasteiger partial charge in [-0.1, -0.05) is 54.1 Å². The van der Waals surface area contributed by atoms with Gasteiger partial charge >= 0.3 is 7.60 Å². The summed E-state index contributed by atoms with van der Waals surface area (Å²) in [6.45, 7) is 4.89. The fourth-order valence-corrected chi connectivity index (χ4v) is 3.21. The van der Waals surface area contributed by atoms with E-state index in [0.717, 1.165) is 16.7 Å². The molecule has 2 aromatic carbocycles. The van der Waals surface area contributed by atoms with Gasteiger partial charge in [0.1, 0.15) is 0 Å². The summed E-state index contributed by atoms with van der Waals surface area (Å²) in [5.74, 6) is 0. The van der Waals surface area contributed by atoms with Gasteiger partial charge in [-0.15, -0.1) is 0 Å². The zero-order valence-electron chi connectivity index (χ0n) is 12.2. The van der Waals surface area contributed by atoms with E-state index in [-0.39, 0.29) is 0 Å². The summed E-state index contributed by atoms with van der Waals surface area (Å²) in [6, 6.07) is 13.3. The van der Waals surface area contributed by atoms with E-state index in [0.29, 0.717) is 10.6 Å². The van der Waals surface area contributed by atoms with Crippen LogP contribution in [-0.2, 0) is 9.72 Å². The summed E-state index contributed by atoms with van der Waals surface area (Å²) in [5.41, 5.74) is 3.28. The summed E-state index contributed by atoms with van der Waals surface area (Å²) in [5, 5.41) is -0.908. The molecule has 0 fully saturated rings. The van der Waals surface area contributed by atoms with E-state index >= 15 is 0 Å². The maximum Gasteiger partial charge on any atom is 0.335 e. The first kappa shape index (κ1) is 16.3. The Morgan fingerprint density at radius 2 is 1.62 bits per heavy atom. The van der Waals surface area contributed by atoms with Crippen LogP contribution in [0.15, 0.2) is 42.5 Å². The van der Waals surface area contributed by atoms with Crippen molar-refractivity contribution in [3.8, 4) is 11.1 Å². The van der Waals surface area contributed by atoms with Crippen LogP contribution in [0.25, 0.3) is 11.1 Å². The Morgan fingerprint density at radius 3 is 2.14 bits per heavy atom. The van der Waals surface area contributed by atoms with Crippen LogP contribution in [0, 0.1) is 6.92 Å². The van der Waals surface area contributed by atoms with E-state index < -0.39 is 12.8 Å². The standard InChI is InChI=1S/C16H18ClO3P/c1-11-13(12-7-5-4-6-8-12)9-10-14(15(11)17)16(2,3)21(18,19)20/h4-10H,1-3H3,(H2,18,19,20). The van der Waals surface area contributed by atoms with Crippen molar-refractivity contribution < 1.29 is 14.4 Å². The molecule has 0 heterocycles. The lowest BCUT2D eigenvalue weighted by Crippen LogP contribution is -2.18. The molecule has 0 saturated heterocycles. The van der Waals surface area contributed by atoms with Crippen LogP contribution in [0.4, 0.5) is 0 Å². The highest BCUT2D eigenvalue weighted by molar-refractivity contribution is 7.53. The minimum Gasteiger partial charge on any atom is -0.324 e. The number of hydrogen-bond acceptors (Lipinski definition) is 1. The SMILES string of the molecule is Cc1c(-c2ccccc2)ccc(C(C)(C)P(=O)(O)O)c1Cl. The van der Waals surface area contributed by atoms with Gasteiger partial charge in [0.25, 0.3) is 0 Å². The van der Waals surface area contributed by atoms with Gasteiger partial charge in [0.2, 0.25) is 0 Å². The third-order valence-electron chi connectivity index (χ3n) is 3.86. The van der Waals surface area contributed by atoms with Gasteiger partial charge in [0.05, 0.1) is 5.16 Å². The molecule has 0 spiro atoms. The minimum absolute atomic E-state index is 0.407. The first-order chi connectivity index (χ1) is 9.66. The molecule has 0 aliphatic rings. The average Bonchev–Trinajstić information content (AvgIpc) is 2.41. The van der Waals surface area contributed by atoms with Crippen LogP contribution in [-0.4, -0.2) is 9.79 Å². The number of halogens is 1. The largest absolute Gasteiger partial charge is 0.335 e. The average molecular weight is 325 g/mol. The molecule has 0 atom stereocenters. The second-order valence-corrected chi connectivity index (χ2v) is 8.15. The van der Waals surface area contributed by atoms with E-state index in [9.17, 15) is 14.4 Å². The van der Waals surface area contributed by atoms with E-state index in [1.165, 1.54) is 13.8 Å². The smallest absolute Gasteiger partial charge is 0.324 e. The normalized spacial score (nSPS) is 12.5. The third-order valence-corrected chi connectivity index (χ3v) is 6.04. The van der Waals surface area contributed by atoms with E-state index in [4.69, 9.17) is 11.6 Å². The van der Waals surface area contributed by atoms with Crippen LogP contribution < -0.4 is 0 Å². The molecule has 2 rings (SSSR count). The molecule has 0 aliphatic carbocycles. The molecular weight excluding hydrogens is 307 g/mol. The Morgan fingerprint density at radius 1 is 1.05 bits per heavy atom. The molecule has 2 aromatic rings. The van der Waals surface area contributed by atoms with Gasteiger partial charge in [-0.05, 0) is 43.0 Å². The predicted octanol–water partition coefficient (Wildman–Crippen LogP) is 4.73. The Kier molecular flexibility index (Phi) is 4.32. The molecule has 0 aliphatic heterocycles. The third kappa shape index (κ3) is 2.93. The summed E-state index contributed by atoms with van der Waals surface area (Å²) in [4.78, 5) is 19.1. The molecule has 0 aromatic heterocycles. The van der Waals surface area contributed by atoms with Crippen molar-refractivity contribution >= 4 is 19.2 Å². The van der Waals surface area contributed by atoms with Crippen molar-refractivity contribution in [3.05, 3.63) is 58.6 Å². The van der Waals surface area contributed by atoms with Crippen LogP contribution in [0.5, 0.6) is 0 Å². The fourth-order valence-electron chi connectivity index (χ4n) is 2.24. The van der Waals surface area contributed by atoms with E-state index in [2.05, 4.69) is 0 Å². The molecule has 21 heavy (non-hydrogen) atoms. The summed E-state index contributed by atoms with van der Waals surface area (Å²) >= 11 is 6.40. The number of benzene rings is 2. The van der Waals surface area contributed by atoms with Gasteiger partial charge in [0.15, 0.2) is 0 Å². The van der Waals surface area contributed by atoms with Crippen molar-refractivity contribution in [2.24, 2.45) is 0 Å². The molecule has 0 radical (unpaired) electrons. The monoisotopic (exact) mass is 324 g/mol. The van der Waals surface area contributed by atoms with Crippen molar-refractivity contribution in [3.63, 3.8) is 0 Å². The van der Waals surface area contributed by atoms with E-state index in [1.54, 1.807) is 6.07 Å². The van der Waals surface area contributed by atoms with Gasteiger partial charge in [0, 0.05) is 5.02 Å². The highest BCUT2D eigenvalue weighted by Crippen LogP contribution is 2.58. The quantitative estimate of drug-likeness (QED) is 0.803. The highest BCUT2D eigenvalue weighted by atomic mass is 35.5. The second-order valence-electron chi connectivity index (χ2n) is 5.57. The van der Waals surface area contributed by atoms with Gasteiger partial charge in [-0.3, -0.25) is 4.57 Å². The van der Waals surface area contributed by atoms with Crippen LogP contribution in [0.3, 0.4) is 0 Å². The summed E-state index contributed by atoms with van der Waals surface area (Å²) in [7, 11) is -4.31. The zero-order valence-corrected chi connectivity index (χ0v) is 13.8. The Bertz CT molecular complexity index is 705. The summed E-state index contributed by atoms with van der Waals surface area (Å²) < 4.78 is 11.7. The van der Waals surface area contributed by atoms with E-state index in [1.807, 2.05) is 43.3 Å². The minimum atomic E-state index is -4.31. The molecule has 3 nitrogen and oxygen atoms in total. The predicted molar refractivity (Wildman–Crippen MR) is 86.7 cm³/mol. The van der Waals surface area contributed by atoms with Crippen molar-refractivity contribution in [2.75, 3.05) is 0 Å². The lowest BCUT2D eigenvalue weighted by Gasteiger charge is -2.28. The van der Waals surface area contributed by atoms with Crippen molar-refractivity contribution in [1.82, 2.24) is 0 Å². The zero-order chi connectivity index (χ0) is 15.8. The van der Waals surface area contributed by atoms with Gasteiger partial charge in [-0.2, -0.15) is 0 Å². The molecule has 112 valence electrons. The second kappa shape index (κ2) is 5.58. The van der Waals surface area contributed by atoms with Crippen LogP contribution in [0.1, 0.15) is 25.0 Å². The van der Waals surface area contributed by atoms with Crippen molar-refractivity contribution in [2.45, 2.75) is 25.9 Å². The highest BCUT2D eigenvalue weighted by Gasteiger charge is 2.41. The van der Waals surface area contributed by atoms with Crippen LogP contribution in [0.2, 0.25) is 5.02 Å². The van der Waals surface area contributed by atoms with Crippen molar-refractivity contribution in [1.29, 1.82) is 0 Å². The molecular formula is C16H18ClO3P. The molecule has 0 bridgehead atoms. The summed E-state index contributed by atoms with van der Waals surface area (Å²) in [6.07, 6.45) is 0. The molecule has 0 saturated carbocycles. The topological polar surface area (TPSA) is 57.5 Å². The molecule has 5 heteroatoms. The number of rotatable bonds is 3. The molecule has 2 N–H and O–H groups in total. The molecule has 0 unspecified atom stereocenters. The lowest BCUT2D eigenvalue weighted by molar-refractivity contribution is 0.338.